The molecule has 0 spiro atoms. The molecule has 0 radical (unpaired) electrons. The molecule has 6 nitrogen and oxygen atoms in total. The molecule has 1 N–H and O–H groups in total. The van der Waals surface area contributed by atoms with E-state index in [2.05, 4.69) is 28.5 Å². The summed E-state index contributed by atoms with van der Waals surface area (Å²) in [6.07, 6.45) is 3.31. The SMILES string of the molecule is C=CC(=O)Cc1cc(-c2c(-c3cccc(C(=O)N4CCN(C)CC4)c3)[nH]c3nccc(Cl)c23)ccc1C. The van der Waals surface area contributed by atoms with E-state index in [9.17, 15) is 9.59 Å². The van der Waals surface area contributed by atoms with Crippen molar-refractivity contribution < 1.29 is 9.59 Å². The molecule has 0 bridgehead atoms. The van der Waals surface area contributed by atoms with Crippen LogP contribution in [0.2, 0.25) is 5.02 Å². The number of allylic oxidation sites excluding steroid dienone is 1. The van der Waals surface area contributed by atoms with Gasteiger partial charge in [-0.3, -0.25) is 9.59 Å². The van der Waals surface area contributed by atoms with Gasteiger partial charge in [0.2, 0.25) is 0 Å². The van der Waals surface area contributed by atoms with E-state index < -0.39 is 0 Å². The molecule has 7 heteroatoms. The molecule has 1 aliphatic heterocycles. The van der Waals surface area contributed by atoms with Crippen LogP contribution in [0.1, 0.15) is 21.5 Å². The van der Waals surface area contributed by atoms with Crippen molar-refractivity contribution in [2.45, 2.75) is 13.3 Å². The molecule has 2 aromatic carbocycles. The predicted octanol–water partition coefficient (Wildman–Crippen LogP) is 5.54. The maximum atomic E-state index is 13.3. The number of nitrogens with one attached hydrogen (secondary N) is 1. The number of amides is 1. The number of aromatic amines is 1. The first-order chi connectivity index (χ1) is 17.9. The lowest BCUT2D eigenvalue weighted by Gasteiger charge is -2.32. The Morgan fingerprint density at radius 2 is 1.86 bits per heavy atom. The van der Waals surface area contributed by atoms with Gasteiger partial charge in [0, 0.05) is 55.3 Å². The molecule has 0 unspecified atom stereocenters. The molecule has 2 aromatic heterocycles. The molecular formula is C30H29ClN4O2. The second-order valence-electron chi connectivity index (χ2n) is 9.56. The van der Waals surface area contributed by atoms with E-state index in [-0.39, 0.29) is 18.1 Å². The molecule has 4 aromatic rings. The Balaban J connectivity index is 1.63. The Morgan fingerprint density at radius 1 is 1.08 bits per heavy atom. The summed E-state index contributed by atoms with van der Waals surface area (Å²) in [5, 5.41) is 1.39. The molecule has 1 aliphatic rings. The van der Waals surface area contributed by atoms with Crippen LogP contribution in [-0.2, 0) is 11.2 Å². The number of pyridine rings is 1. The molecule has 1 saturated heterocycles. The number of hydrogen-bond acceptors (Lipinski definition) is 4. The van der Waals surface area contributed by atoms with Gasteiger partial charge in [-0.25, -0.2) is 4.98 Å². The largest absolute Gasteiger partial charge is 0.339 e. The van der Waals surface area contributed by atoms with Crippen LogP contribution in [0, 0.1) is 6.92 Å². The number of carbonyl (C=O) groups excluding carboxylic acids is 2. The Labute approximate surface area is 221 Å². The number of carbonyl (C=O) groups is 2. The van der Waals surface area contributed by atoms with E-state index in [0.717, 1.165) is 52.0 Å². The summed E-state index contributed by atoms with van der Waals surface area (Å²) in [6.45, 7) is 8.77. The van der Waals surface area contributed by atoms with E-state index in [1.807, 2.05) is 54.3 Å². The average molecular weight is 513 g/mol. The summed E-state index contributed by atoms with van der Waals surface area (Å²) < 4.78 is 0. The summed E-state index contributed by atoms with van der Waals surface area (Å²) >= 11 is 6.69. The van der Waals surface area contributed by atoms with E-state index in [1.54, 1.807) is 12.3 Å². The van der Waals surface area contributed by atoms with Gasteiger partial charge in [0.25, 0.3) is 5.91 Å². The summed E-state index contributed by atoms with van der Waals surface area (Å²) in [7, 11) is 2.07. The third kappa shape index (κ3) is 4.95. The van der Waals surface area contributed by atoms with Crippen molar-refractivity contribution in [2.24, 2.45) is 0 Å². The number of hydrogen-bond donors (Lipinski definition) is 1. The first kappa shape index (κ1) is 24.9. The van der Waals surface area contributed by atoms with Gasteiger partial charge >= 0.3 is 0 Å². The number of rotatable bonds is 6. The van der Waals surface area contributed by atoms with Crippen molar-refractivity contribution in [3.05, 3.63) is 89.1 Å². The minimum Gasteiger partial charge on any atom is -0.339 e. The second-order valence-corrected chi connectivity index (χ2v) is 9.96. The molecule has 3 heterocycles. The highest BCUT2D eigenvalue weighted by molar-refractivity contribution is 6.36. The zero-order valence-electron chi connectivity index (χ0n) is 21.1. The van der Waals surface area contributed by atoms with Crippen LogP contribution in [0.25, 0.3) is 33.4 Å². The summed E-state index contributed by atoms with van der Waals surface area (Å²) in [6, 6.07) is 15.5. The third-order valence-corrected chi connectivity index (χ3v) is 7.38. The minimum absolute atomic E-state index is 0.0318. The number of aromatic nitrogens is 2. The number of aryl methyl sites for hydroxylation is 1. The fourth-order valence-corrected chi connectivity index (χ4v) is 5.10. The molecule has 0 saturated carbocycles. The standard InChI is InChI=1S/C30H29ClN4O2/c1-4-24(36)18-23-16-20(9-8-19(23)2)26-27-25(31)10-11-32-29(27)33-28(26)21-6-5-7-22(17-21)30(37)35-14-12-34(3)13-15-35/h4-11,16-17H,1,12-15,18H2,2-3H3,(H,32,33). The van der Waals surface area contributed by atoms with Crippen molar-refractivity contribution in [1.82, 2.24) is 19.8 Å². The van der Waals surface area contributed by atoms with Gasteiger partial charge < -0.3 is 14.8 Å². The number of H-pyrrole nitrogens is 1. The van der Waals surface area contributed by atoms with E-state index in [0.29, 0.717) is 29.3 Å². The van der Waals surface area contributed by atoms with Crippen LogP contribution in [-0.4, -0.2) is 64.7 Å². The van der Waals surface area contributed by atoms with Crippen molar-refractivity contribution in [3.8, 4) is 22.4 Å². The molecular weight excluding hydrogens is 484 g/mol. The Hall–Kier alpha value is -3.74. The number of nitrogens with zero attached hydrogens (tertiary/aromatic N) is 3. The molecule has 188 valence electrons. The van der Waals surface area contributed by atoms with Crippen molar-refractivity contribution >= 4 is 34.3 Å². The molecule has 5 rings (SSSR count). The summed E-state index contributed by atoms with van der Waals surface area (Å²) in [4.78, 5) is 37.6. The first-order valence-electron chi connectivity index (χ1n) is 12.4. The van der Waals surface area contributed by atoms with Crippen LogP contribution in [0.15, 0.2) is 67.4 Å². The highest BCUT2D eigenvalue weighted by Gasteiger charge is 2.23. The number of likely N-dealkylation sites (N-methyl/N-ethyl adjacent to an activating group) is 1. The van der Waals surface area contributed by atoms with Gasteiger partial charge in [0.05, 0.1) is 10.7 Å². The molecule has 37 heavy (non-hydrogen) atoms. The van der Waals surface area contributed by atoms with Gasteiger partial charge in [0.15, 0.2) is 5.78 Å². The number of ketones is 1. The normalized spacial score (nSPS) is 14.2. The lowest BCUT2D eigenvalue weighted by molar-refractivity contribution is -0.114. The topological polar surface area (TPSA) is 69.3 Å². The van der Waals surface area contributed by atoms with Gasteiger partial charge in [-0.2, -0.15) is 0 Å². The number of fused-ring (bicyclic) bond motifs is 1. The highest BCUT2D eigenvalue weighted by atomic mass is 35.5. The van der Waals surface area contributed by atoms with Crippen LogP contribution >= 0.6 is 11.6 Å². The van der Waals surface area contributed by atoms with Gasteiger partial charge in [-0.15, -0.1) is 0 Å². The van der Waals surface area contributed by atoms with Gasteiger partial charge in [-0.1, -0.05) is 48.5 Å². The Bertz CT molecular complexity index is 1520. The van der Waals surface area contributed by atoms with Crippen LogP contribution in [0.3, 0.4) is 0 Å². The van der Waals surface area contributed by atoms with E-state index >= 15 is 0 Å². The fraction of sp³-hybridized carbons (Fsp3) is 0.233. The van der Waals surface area contributed by atoms with E-state index in [1.165, 1.54) is 6.08 Å². The monoisotopic (exact) mass is 512 g/mol. The Kier molecular flexibility index (Phi) is 6.96. The smallest absolute Gasteiger partial charge is 0.253 e. The molecule has 0 aliphatic carbocycles. The summed E-state index contributed by atoms with van der Waals surface area (Å²) in [5.41, 5.74) is 6.78. The maximum Gasteiger partial charge on any atom is 0.253 e. The predicted molar refractivity (Wildman–Crippen MR) is 149 cm³/mol. The van der Waals surface area contributed by atoms with Crippen LogP contribution in [0.4, 0.5) is 0 Å². The summed E-state index contributed by atoms with van der Waals surface area (Å²) in [5.74, 6) is -0.00134. The zero-order chi connectivity index (χ0) is 26.1. The zero-order valence-corrected chi connectivity index (χ0v) is 21.8. The van der Waals surface area contributed by atoms with E-state index in [4.69, 9.17) is 11.6 Å². The Morgan fingerprint density at radius 3 is 2.62 bits per heavy atom. The van der Waals surface area contributed by atoms with Crippen LogP contribution in [0.5, 0.6) is 0 Å². The molecule has 1 amide bonds. The van der Waals surface area contributed by atoms with Crippen LogP contribution < -0.4 is 0 Å². The van der Waals surface area contributed by atoms with Gasteiger partial charge in [-0.05, 0) is 60.5 Å². The number of piperazine rings is 1. The average Bonchev–Trinajstić information content (AvgIpc) is 3.31. The second kappa shape index (κ2) is 10.3. The van der Waals surface area contributed by atoms with Crippen molar-refractivity contribution in [2.75, 3.05) is 33.2 Å². The lowest BCUT2D eigenvalue weighted by Crippen LogP contribution is -2.47. The van der Waals surface area contributed by atoms with Crippen molar-refractivity contribution in [1.29, 1.82) is 0 Å². The van der Waals surface area contributed by atoms with Gasteiger partial charge in [0.1, 0.15) is 5.65 Å². The molecule has 0 atom stereocenters. The first-order valence-corrected chi connectivity index (χ1v) is 12.7. The number of benzene rings is 2. The fourth-order valence-electron chi connectivity index (χ4n) is 4.86. The number of halogens is 1. The quantitative estimate of drug-likeness (QED) is 0.344. The lowest BCUT2D eigenvalue weighted by atomic mass is 9.93. The third-order valence-electron chi connectivity index (χ3n) is 7.06. The highest BCUT2D eigenvalue weighted by Crippen LogP contribution is 2.41. The minimum atomic E-state index is -0.0331. The van der Waals surface area contributed by atoms with Crippen molar-refractivity contribution in [3.63, 3.8) is 0 Å². The maximum absolute atomic E-state index is 13.3. The molecule has 1 fully saturated rings.